The van der Waals surface area contributed by atoms with Crippen LogP contribution in [0.15, 0.2) is 29.6 Å². The summed E-state index contributed by atoms with van der Waals surface area (Å²) in [5.74, 6) is -0.176. The number of hydrogen-bond acceptors (Lipinski definition) is 4. The Balaban J connectivity index is 1.91. The smallest absolute Gasteiger partial charge is 0.273 e. The summed E-state index contributed by atoms with van der Waals surface area (Å²) < 4.78 is 0. The summed E-state index contributed by atoms with van der Waals surface area (Å²) >= 11 is 1.46. The average Bonchev–Trinajstić information content (AvgIpc) is 3.10. The van der Waals surface area contributed by atoms with Crippen LogP contribution in [0.4, 0.5) is 0 Å². The molecule has 0 spiro atoms. The van der Waals surface area contributed by atoms with Crippen LogP contribution >= 0.6 is 11.3 Å². The molecule has 1 aliphatic heterocycles. The van der Waals surface area contributed by atoms with Gasteiger partial charge in [-0.1, -0.05) is 31.2 Å². The van der Waals surface area contributed by atoms with Crippen molar-refractivity contribution in [1.29, 1.82) is 0 Å². The summed E-state index contributed by atoms with van der Waals surface area (Å²) in [5.41, 5.74) is 2.39. The minimum atomic E-state index is -0.193. The van der Waals surface area contributed by atoms with Crippen LogP contribution in [0.5, 0.6) is 0 Å². The molecule has 1 aromatic heterocycles. The Morgan fingerprint density at radius 3 is 2.64 bits per heavy atom. The van der Waals surface area contributed by atoms with E-state index in [1.54, 1.807) is 0 Å². The predicted octanol–water partition coefficient (Wildman–Crippen LogP) is 4.52. The molecule has 2 heterocycles. The molecule has 5 heteroatoms. The Hall–Kier alpha value is -2.01. The number of rotatable bonds is 4. The van der Waals surface area contributed by atoms with E-state index in [0.717, 1.165) is 35.3 Å². The number of benzene rings is 1. The molecule has 2 aromatic rings. The molecule has 0 radical (unpaired) electrons. The number of thiazole rings is 1. The van der Waals surface area contributed by atoms with E-state index in [9.17, 15) is 9.59 Å². The highest BCUT2D eigenvalue weighted by molar-refractivity contribution is 7.13. The van der Waals surface area contributed by atoms with Gasteiger partial charge >= 0.3 is 0 Å². The highest BCUT2D eigenvalue weighted by atomic mass is 32.1. The van der Waals surface area contributed by atoms with Gasteiger partial charge in [0.1, 0.15) is 17.0 Å². The van der Waals surface area contributed by atoms with Crippen molar-refractivity contribution < 1.29 is 9.59 Å². The fourth-order valence-electron chi connectivity index (χ4n) is 3.61. The summed E-state index contributed by atoms with van der Waals surface area (Å²) in [6, 6.07) is 8.29. The van der Waals surface area contributed by atoms with Gasteiger partial charge in [0.2, 0.25) is 0 Å². The number of aromatic nitrogens is 1. The zero-order valence-electron chi connectivity index (χ0n) is 14.9. The van der Waals surface area contributed by atoms with E-state index in [0.29, 0.717) is 5.69 Å². The number of piperidine rings is 1. The topological polar surface area (TPSA) is 50.3 Å². The molecule has 1 amide bonds. The average molecular weight is 356 g/mol. The van der Waals surface area contributed by atoms with Gasteiger partial charge in [0, 0.05) is 28.9 Å². The molecule has 0 bridgehead atoms. The summed E-state index contributed by atoms with van der Waals surface area (Å²) in [6.45, 7) is 6.10. The highest BCUT2D eigenvalue weighted by Crippen LogP contribution is 2.32. The van der Waals surface area contributed by atoms with E-state index in [4.69, 9.17) is 0 Å². The predicted molar refractivity (Wildman–Crippen MR) is 101 cm³/mol. The normalized spacial score (nSPS) is 21.8. The first-order chi connectivity index (χ1) is 12.0. The Morgan fingerprint density at radius 1 is 1.28 bits per heavy atom. The van der Waals surface area contributed by atoms with Crippen LogP contribution in [0.25, 0.3) is 10.6 Å². The maximum absolute atomic E-state index is 13.0. The van der Waals surface area contributed by atoms with Crippen molar-refractivity contribution in [2.45, 2.75) is 58.0 Å². The van der Waals surface area contributed by atoms with Gasteiger partial charge in [-0.25, -0.2) is 4.98 Å². The van der Waals surface area contributed by atoms with Crippen LogP contribution in [0.1, 0.15) is 62.0 Å². The molecule has 0 N–H and O–H groups in total. The lowest BCUT2D eigenvalue weighted by atomic mass is 9.97. The van der Waals surface area contributed by atoms with E-state index >= 15 is 0 Å². The second-order valence-corrected chi connectivity index (χ2v) is 7.75. The van der Waals surface area contributed by atoms with Crippen molar-refractivity contribution in [3.63, 3.8) is 0 Å². The second kappa shape index (κ2) is 7.48. The molecule has 3 rings (SSSR count). The lowest BCUT2D eigenvalue weighted by Crippen LogP contribution is -2.47. The van der Waals surface area contributed by atoms with Gasteiger partial charge in [0.15, 0.2) is 0 Å². The monoisotopic (exact) mass is 356 g/mol. The molecule has 4 nitrogen and oxygen atoms in total. The van der Waals surface area contributed by atoms with Gasteiger partial charge < -0.3 is 9.69 Å². The standard InChI is InChI=1S/C20H24N2O2S/c1-13(11-23)16-9-4-5-10-17(16)19-21-18(12-25-19)20(24)22-14(2)7-6-8-15(22)3/h4-5,9-15H,6-8H2,1-3H3. The van der Waals surface area contributed by atoms with Gasteiger partial charge in [-0.15, -0.1) is 11.3 Å². The molecule has 3 atom stereocenters. The van der Waals surface area contributed by atoms with Crippen LogP contribution in [0, 0.1) is 0 Å². The molecule has 0 aliphatic carbocycles. The third kappa shape index (κ3) is 3.52. The molecule has 1 saturated heterocycles. The van der Waals surface area contributed by atoms with Gasteiger partial charge in [-0.3, -0.25) is 4.79 Å². The van der Waals surface area contributed by atoms with Crippen LogP contribution < -0.4 is 0 Å². The first kappa shape index (κ1) is 17.8. The molecule has 0 saturated carbocycles. The molecule has 1 aromatic carbocycles. The SMILES string of the molecule is CC(C=O)c1ccccc1-c1nc(C(=O)N2C(C)CCCC2C)cs1. The molecular weight excluding hydrogens is 332 g/mol. The van der Waals surface area contributed by atoms with Gasteiger partial charge in [0.05, 0.1) is 0 Å². The summed E-state index contributed by atoms with van der Waals surface area (Å²) in [5, 5.41) is 2.64. The minimum absolute atomic E-state index is 0.0168. The van der Waals surface area contributed by atoms with E-state index in [1.807, 2.05) is 41.5 Å². The fourth-order valence-corrected chi connectivity index (χ4v) is 4.45. The van der Waals surface area contributed by atoms with E-state index in [-0.39, 0.29) is 23.9 Å². The first-order valence-corrected chi connectivity index (χ1v) is 9.73. The molecular formula is C20H24N2O2S. The van der Waals surface area contributed by atoms with Crippen molar-refractivity contribution in [3.8, 4) is 10.6 Å². The zero-order valence-corrected chi connectivity index (χ0v) is 15.8. The van der Waals surface area contributed by atoms with Crippen LogP contribution in [-0.4, -0.2) is 34.2 Å². The Labute approximate surface area is 152 Å². The maximum Gasteiger partial charge on any atom is 0.273 e. The van der Waals surface area contributed by atoms with Gasteiger partial charge in [-0.05, 0) is 38.7 Å². The summed E-state index contributed by atoms with van der Waals surface area (Å²) in [4.78, 5) is 30.7. The number of carbonyl (C=O) groups excluding carboxylic acids is 2. The maximum atomic E-state index is 13.0. The van der Waals surface area contributed by atoms with Crippen molar-refractivity contribution in [2.75, 3.05) is 0 Å². The first-order valence-electron chi connectivity index (χ1n) is 8.85. The summed E-state index contributed by atoms with van der Waals surface area (Å²) in [7, 11) is 0. The Bertz CT molecular complexity index is 761. The third-order valence-electron chi connectivity index (χ3n) is 5.04. The number of amides is 1. The molecule has 132 valence electrons. The van der Waals surface area contributed by atoms with Gasteiger partial charge in [0.25, 0.3) is 5.91 Å². The van der Waals surface area contributed by atoms with E-state index in [2.05, 4.69) is 18.8 Å². The second-order valence-electron chi connectivity index (χ2n) is 6.89. The zero-order chi connectivity index (χ0) is 18.0. The van der Waals surface area contributed by atoms with Crippen molar-refractivity contribution in [1.82, 2.24) is 9.88 Å². The lowest BCUT2D eigenvalue weighted by Gasteiger charge is -2.38. The molecule has 3 unspecified atom stereocenters. The number of carbonyl (C=O) groups is 2. The van der Waals surface area contributed by atoms with Gasteiger partial charge in [-0.2, -0.15) is 0 Å². The largest absolute Gasteiger partial charge is 0.332 e. The van der Waals surface area contributed by atoms with E-state index < -0.39 is 0 Å². The Kier molecular flexibility index (Phi) is 5.33. The Morgan fingerprint density at radius 2 is 1.96 bits per heavy atom. The number of hydrogen-bond donors (Lipinski definition) is 0. The third-order valence-corrected chi connectivity index (χ3v) is 5.91. The number of nitrogens with zero attached hydrogens (tertiary/aromatic N) is 2. The molecule has 25 heavy (non-hydrogen) atoms. The van der Waals surface area contributed by atoms with Crippen LogP contribution in [-0.2, 0) is 4.79 Å². The van der Waals surface area contributed by atoms with Crippen molar-refractivity contribution in [3.05, 3.63) is 40.9 Å². The lowest BCUT2D eigenvalue weighted by molar-refractivity contribution is -0.108. The number of likely N-dealkylation sites (tertiary alicyclic amines) is 1. The molecule has 1 fully saturated rings. The number of aldehydes is 1. The quantitative estimate of drug-likeness (QED) is 0.757. The van der Waals surface area contributed by atoms with Crippen molar-refractivity contribution >= 4 is 23.5 Å². The fraction of sp³-hybridized carbons (Fsp3) is 0.450. The van der Waals surface area contributed by atoms with Crippen LogP contribution in [0.3, 0.4) is 0 Å². The molecule has 1 aliphatic rings. The van der Waals surface area contributed by atoms with Crippen LogP contribution in [0.2, 0.25) is 0 Å². The highest BCUT2D eigenvalue weighted by Gasteiger charge is 2.31. The minimum Gasteiger partial charge on any atom is -0.332 e. The summed E-state index contributed by atoms with van der Waals surface area (Å²) in [6.07, 6.45) is 4.21. The van der Waals surface area contributed by atoms with Crippen molar-refractivity contribution in [2.24, 2.45) is 0 Å². The van der Waals surface area contributed by atoms with E-state index in [1.165, 1.54) is 17.8 Å².